The summed E-state index contributed by atoms with van der Waals surface area (Å²) in [5, 5.41) is -0.331. The fourth-order valence-corrected chi connectivity index (χ4v) is 4.84. The van der Waals surface area contributed by atoms with Crippen LogP contribution in [0.3, 0.4) is 0 Å². The molecule has 0 radical (unpaired) electrons. The Balaban J connectivity index is 1.54. The normalized spacial score (nSPS) is 14.3. The molecule has 1 saturated heterocycles. The van der Waals surface area contributed by atoms with Gasteiger partial charge >= 0.3 is 5.97 Å². The number of hydrogen-bond acceptors (Lipinski definition) is 7. The van der Waals surface area contributed by atoms with Crippen molar-refractivity contribution in [3.05, 3.63) is 92.3 Å². The molecule has 1 fully saturated rings. The van der Waals surface area contributed by atoms with Gasteiger partial charge in [0.1, 0.15) is 5.75 Å². The van der Waals surface area contributed by atoms with E-state index in [2.05, 4.69) is 15.9 Å². The van der Waals surface area contributed by atoms with Gasteiger partial charge in [0.05, 0.1) is 35.7 Å². The lowest BCUT2D eigenvalue weighted by Crippen LogP contribution is -2.27. The molecule has 0 saturated carbocycles. The Morgan fingerprint density at radius 3 is 2.33 bits per heavy atom. The lowest BCUT2D eigenvalue weighted by atomic mass is 10.1. The zero-order valence-electron chi connectivity index (χ0n) is 19.7. The Hall–Kier alpha value is -3.56. The third-order valence-corrected chi connectivity index (χ3v) is 6.90. The molecule has 7 nitrogen and oxygen atoms in total. The molecule has 4 rings (SSSR count). The third-order valence-electron chi connectivity index (χ3n) is 5.40. The molecule has 36 heavy (non-hydrogen) atoms. The molecular weight excluding hydrogens is 546 g/mol. The van der Waals surface area contributed by atoms with E-state index in [9.17, 15) is 14.4 Å². The first-order valence-corrected chi connectivity index (χ1v) is 12.4. The van der Waals surface area contributed by atoms with Gasteiger partial charge in [0.15, 0.2) is 11.5 Å². The number of carbonyl (C=O) groups excluding carboxylic acids is 3. The molecule has 0 atom stereocenters. The van der Waals surface area contributed by atoms with Crippen LogP contribution in [0.15, 0.2) is 70.0 Å². The fourth-order valence-electron chi connectivity index (χ4n) is 3.46. The second-order valence-corrected chi connectivity index (χ2v) is 9.75. The van der Waals surface area contributed by atoms with Crippen molar-refractivity contribution in [3.63, 3.8) is 0 Å². The zero-order valence-corrected chi connectivity index (χ0v) is 22.1. The molecule has 3 aromatic rings. The Morgan fingerprint density at radius 1 is 1.00 bits per heavy atom. The van der Waals surface area contributed by atoms with Crippen molar-refractivity contribution in [1.82, 2.24) is 4.90 Å². The molecule has 0 N–H and O–H groups in total. The largest absolute Gasteiger partial charge is 0.497 e. The quantitative estimate of drug-likeness (QED) is 0.190. The number of benzene rings is 3. The SMILES string of the molecule is COc1ccc(C(=O)Oc2c(Br)cc(/C=C3\SC(=O)N(Cc4ccc(C)cc4)C3=O)cc2OC)cc1. The Morgan fingerprint density at radius 2 is 1.69 bits per heavy atom. The first-order valence-electron chi connectivity index (χ1n) is 10.8. The van der Waals surface area contributed by atoms with Crippen molar-refractivity contribution in [1.29, 1.82) is 0 Å². The molecule has 0 bridgehead atoms. The molecule has 184 valence electrons. The van der Waals surface area contributed by atoms with Crippen LogP contribution in [0.5, 0.6) is 17.2 Å². The summed E-state index contributed by atoms with van der Waals surface area (Å²) < 4.78 is 16.6. The fraction of sp³-hybridized carbons (Fsp3) is 0.148. The van der Waals surface area contributed by atoms with E-state index in [1.54, 1.807) is 49.6 Å². The van der Waals surface area contributed by atoms with Crippen molar-refractivity contribution in [2.45, 2.75) is 13.5 Å². The minimum atomic E-state index is -0.568. The van der Waals surface area contributed by atoms with E-state index in [4.69, 9.17) is 14.2 Å². The summed E-state index contributed by atoms with van der Waals surface area (Å²) in [6.45, 7) is 2.18. The van der Waals surface area contributed by atoms with Crippen LogP contribution >= 0.6 is 27.7 Å². The van der Waals surface area contributed by atoms with E-state index in [-0.39, 0.29) is 29.2 Å². The number of halogens is 1. The van der Waals surface area contributed by atoms with Gasteiger partial charge in [-0.3, -0.25) is 14.5 Å². The molecule has 3 aromatic carbocycles. The summed E-state index contributed by atoms with van der Waals surface area (Å²) in [5.74, 6) is 0.176. The molecule has 9 heteroatoms. The van der Waals surface area contributed by atoms with Gasteiger partial charge in [0.2, 0.25) is 0 Å². The van der Waals surface area contributed by atoms with E-state index in [1.165, 1.54) is 12.0 Å². The highest BCUT2D eigenvalue weighted by Crippen LogP contribution is 2.39. The predicted molar refractivity (Wildman–Crippen MR) is 141 cm³/mol. The van der Waals surface area contributed by atoms with Crippen LogP contribution in [-0.4, -0.2) is 36.2 Å². The Kier molecular flexibility index (Phi) is 7.81. The van der Waals surface area contributed by atoms with Gasteiger partial charge in [-0.25, -0.2) is 4.79 Å². The highest BCUT2D eigenvalue weighted by Gasteiger charge is 2.35. The molecule has 0 unspecified atom stereocenters. The van der Waals surface area contributed by atoms with Crippen LogP contribution in [0.4, 0.5) is 4.79 Å². The van der Waals surface area contributed by atoms with Gasteiger partial charge in [0.25, 0.3) is 11.1 Å². The maximum absolute atomic E-state index is 12.9. The summed E-state index contributed by atoms with van der Waals surface area (Å²) >= 11 is 4.31. The van der Waals surface area contributed by atoms with E-state index in [0.717, 1.165) is 22.9 Å². The number of esters is 1. The summed E-state index contributed by atoms with van der Waals surface area (Å²) in [7, 11) is 2.99. The number of carbonyl (C=O) groups is 3. The van der Waals surface area contributed by atoms with Crippen molar-refractivity contribution >= 4 is 50.9 Å². The number of thioether (sulfide) groups is 1. The smallest absolute Gasteiger partial charge is 0.343 e. The molecule has 1 aliphatic heterocycles. The number of aryl methyl sites for hydroxylation is 1. The molecule has 0 aliphatic carbocycles. The molecule has 1 heterocycles. The minimum absolute atomic E-state index is 0.197. The first-order chi connectivity index (χ1) is 17.3. The van der Waals surface area contributed by atoms with E-state index >= 15 is 0 Å². The summed E-state index contributed by atoms with van der Waals surface area (Å²) in [5.41, 5.74) is 2.92. The lowest BCUT2D eigenvalue weighted by molar-refractivity contribution is -0.123. The van der Waals surface area contributed by atoms with Gasteiger partial charge in [-0.05, 0) is 88.2 Å². The second kappa shape index (κ2) is 11.0. The topological polar surface area (TPSA) is 82.1 Å². The van der Waals surface area contributed by atoms with Crippen LogP contribution in [0.25, 0.3) is 6.08 Å². The Labute approximate surface area is 221 Å². The molecule has 0 aromatic heterocycles. The number of methoxy groups -OCH3 is 2. The second-order valence-electron chi connectivity index (χ2n) is 7.91. The molecular formula is C27H22BrNO6S. The first kappa shape index (κ1) is 25.5. The lowest BCUT2D eigenvalue weighted by Gasteiger charge is -2.13. The molecule has 0 spiro atoms. The van der Waals surface area contributed by atoms with Crippen molar-refractivity contribution in [2.24, 2.45) is 0 Å². The van der Waals surface area contributed by atoms with Crippen LogP contribution in [-0.2, 0) is 11.3 Å². The van der Waals surface area contributed by atoms with E-state index < -0.39 is 5.97 Å². The van der Waals surface area contributed by atoms with Gasteiger partial charge in [-0.1, -0.05) is 29.8 Å². The summed E-state index contributed by atoms with van der Waals surface area (Å²) in [4.78, 5) is 39.6. The van der Waals surface area contributed by atoms with Crippen LogP contribution in [0.1, 0.15) is 27.0 Å². The third kappa shape index (κ3) is 5.63. The van der Waals surface area contributed by atoms with Gasteiger partial charge < -0.3 is 14.2 Å². The number of ether oxygens (including phenoxy) is 3. The number of amides is 2. The highest BCUT2D eigenvalue weighted by atomic mass is 79.9. The van der Waals surface area contributed by atoms with Crippen LogP contribution < -0.4 is 14.2 Å². The Bertz CT molecular complexity index is 1350. The van der Waals surface area contributed by atoms with Gasteiger partial charge in [-0.15, -0.1) is 0 Å². The van der Waals surface area contributed by atoms with Crippen molar-refractivity contribution in [3.8, 4) is 17.2 Å². The van der Waals surface area contributed by atoms with Crippen molar-refractivity contribution in [2.75, 3.05) is 14.2 Å². The van der Waals surface area contributed by atoms with Crippen LogP contribution in [0, 0.1) is 6.92 Å². The number of hydrogen-bond donors (Lipinski definition) is 0. The standard InChI is InChI=1S/C27H22BrNO6S/c1-16-4-6-17(7-5-16)15-29-25(30)23(36-27(29)32)14-18-12-21(28)24(22(13-18)34-3)35-26(31)19-8-10-20(33-2)11-9-19/h4-14H,15H2,1-3H3/b23-14-. The number of nitrogens with zero attached hydrogens (tertiary/aromatic N) is 1. The van der Waals surface area contributed by atoms with E-state index in [0.29, 0.717) is 26.3 Å². The van der Waals surface area contributed by atoms with Gasteiger partial charge in [-0.2, -0.15) is 0 Å². The maximum atomic E-state index is 12.9. The average Bonchev–Trinajstić information content (AvgIpc) is 3.13. The summed E-state index contributed by atoms with van der Waals surface area (Å²) in [6, 6.07) is 17.5. The van der Waals surface area contributed by atoms with Gasteiger partial charge in [0, 0.05) is 0 Å². The maximum Gasteiger partial charge on any atom is 0.343 e. The molecule has 1 aliphatic rings. The van der Waals surface area contributed by atoms with E-state index in [1.807, 2.05) is 31.2 Å². The monoisotopic (exact) mass is 567 g/mol. The minimum Gasteiger partial charge on any atom is -0.497 e. The highest BCUT2D eigenvalue weighted by molar-refractivity contribution is 9.10. The zero-order chi connectivity index (χ0) is 25.8. The van der Waals surface area contributed by atoms with Crippen LogP contribution in [0.2, 0.25) is 0 Å². The summed E-state index contributed by atoms with van der Waals surface area (Å²) in [6.07, 6.45) is 1.61. The van der Waals surface area contributed by atoms with Crippen molar-refractivity contribution < 1.29 is 28.6 Å². The number of imide groups is 1. The average molecular weight is 568 g/mol. The predicted octanol–water partition coefficient (Wildman–Crippen LogP) is 6.23. The number of rotatable bonds is 7. The molecule has 2 amide bonds.